The number of rotatable bonds is 2. The zero-order valence-corrected chi connectivity index (χ0v) is 12.3. The zero-order valence-electron chi connectivity index (χ0n) is 9.92. The minimum Gasteiger partial charge on any atom is -0.383 e. The van der Waals surface area contributed by atoms with Crippen LogP contribution >= 0.6 is 27.5 Å². The molecule has 1 N–H and O–H groups in total. The summed E-state index contributed by atoms with van der Waals surface area (Å²) in [4.78, 5) is 0. The third kappa shape index (κ3) is 2.81. The summed E-state index contributed by atoms with van der Waals surface area (Å²) < 4.78 is 28.1. The van der Waals surface area contributed by atoms with Crippen molar-refractivity contribution in [3.8, 4) is 0 Å². The monoisotopic (exact) mass is 346 g/mol. The van der Waals surface area contributed by atoms with E-state index >= 15 is 0 Å². The fourth-order valence-corrected chi connectivity index (χ4v) is 2.25. The molecule has 1 unspecified atom stereocenters. The Kier molecular flexibility index (Phi) is 4.23. The van der Waals surface area contributed by atoms with E-state index < -0.39 is 17.7 Å². The summed E-state index contributed by atoms with van der Waals surface area (Å²) in [7, 11) is 0. The topological polar surface area (TPSA) is 20.2 Å². The van der Waals surface area contributed by atoms with Gasteiger partial charge in [0.15, 0.2) is 0 Å². The first-order chi connectivity index (χ1) is 8.91. The van der Waals surface area contributed by atoms with Crippen LogP contribution in [-0.2, 0) is 0 Å². The lowest BCUT2D eigenvalue weighted by atomic mass is 9.99. The highest BCUT2D eigenvalue weighted by Gasteiger charge is 2.21. The van der Waals surface area contributed by atoms with Gasteiger partial charge in [-0.05, 0) is 40.5 Å². The van der Waals surface area contributed by atoms with E-state index in [2.05, 4.69) is 15.9 Å². The molecular formula is C14H10BrClF2O. The van der Waals surface area contributed by atoms with Gasteiger partial charge >= 0.3 is 0 Å². The van der Waals surface area contributed by atoms with E-state index in [0.717, 1.165) is 5.56 Å². The van der Waals surface area contributed by atoms with Crippen LogP contribution in [0.5, 0.6) is 0 Å². The molecule has 1 nitrogen and oxygen atoms in total. The molecule has 0 aliphatic carbocycles. The summed E-state index contributed by atoms with van der Waals surface area (Å²) in [6, 6.07) is 7.26. The Labute approximate surface area is 123 Å². The number of hydrogen-bond acceptors (Lipinski definition) is 1. The molecule has 2 rings (SSSR count). The highest BCUT2D eigenvalue weighted by atomic mass is 79.9. The number of aliphatic hydroxyl groups excluding tert-OH is 1. The van der Waals surface area contributed by atoms with E-state index in [1.807, 2.05) is 0 Å². The molecule has 100 valence electrons. The molecule has 0 aliphatic heterocycles. The molecule has 2 aromatic carbocycles. The quantitative estimate of drug-likeness (QED) is 0.776. The van der Waals surface area contributed by atoms with Gasteiger partial charge in [-0.1, -0.05) is 29.8 Å². The number of halogens is 4. The number of benzene rings is 2. The van der Waals surface area contributed by atoms with E-state index in [0.29, 0.717) is 4.47 Å². The molecule has 0 bridgehead atoms. The van der Waals surface area contributed by atoms with Crippen LogP contribution in [0.2, 0.25) is 5.02 Å². The van der Waals surface area contributed by atoms with E-state index in [1.165, 1.54) is 24.3 Å². The average Bonchev–Trinajstić information content (AvgIpc) is 2.35. The first kappa shape index (κ1) is 14.4. The van der Waals surface area contributed by atoms with Crippen LogP contribution < -0.4 is 0 Å². The summed E-state index contributed by atoms with van der Waals surface area (Å²) in [5.41, 5.74) is 0.682. The third-order valence-electron chi connectivity index (χ3n) is 2.81. The second-order valence-corrected chi connectivity index (χ2v) is 5.42. The van der Waals surface area contributed by atoms with Crippen LogP contribution in [0.25, 0.3) is 0 Å². The van der Waals surface area contributed by atoms with Crippen LogP contribution in [0, 0.1) is 18.6 Å². The van der Waals surface area contributed by atoms with E-state index in [9.17, 15) is 13.9 Å². The van der Waals surface area contributed by atoms with Crippen molar-refractivity contribution in [2.45, 2.75) is 13.0 Å². The van der Waals surface area contributed by atoms with Crippen molar-refractivity contribution in [3.63, 3.8) is 0 Å². The molecule has 0 radical (unpaired) electrons. The maximum atomic E-state index is 14.0. The van der Waals surface area contributed by atoms with Gasteiger partial charge in [0.2, 0.25) is 0 Å². The van der Waals surface area contributed by atoms with E-state index in [4.69, 9.17) is 11.6 Å². The lowest BCUT2D eigenvalue weighted by Crippen LogP contribution is -2.05. The van der Waals surface area contributed by atoms with Gasteiger partial charge in [0.25, 0.3) is 0 Å². The zero-order chi connectivity index (χ0) is 14.2. The lowest BCUT2D eigenvalue weighted by molar-refractivity contribution is 0.209. The Morgan fingerprint density at radius 3 is 2.42 bits per heavy atom. The van der Waals surface area contributed by atoms with Gasteiger partial charge in [-0.2, -0.15) is 0 Å². The van der Waals surface area contributed by atoms with Crippen LogP contribution in [0.3, 0.4) is 0 Å². The molecule has 0 spiro atoms. The first-order valence-corrected chi connectivity index (χ1v) is 6.66. The number of hydrogen-bond donors (Lipinski definition) is 1. The molecule has 0 amide bonds. The summed E-state index contributed by atoms with van der Waals surface area (Å²) >= 11 is 8.83. The van der Waals surface area contributed by atoms with Crippen molar-refractivity contribution in [2.24, 2.45) is 0 Å². The first-order valence-electron chi connectivity index (χ1n) is 5.49. The predicted octanol–water partition coefficient (Wildman–Crippen LogP) is 4.77. The minimum atomic E-state index is -1.40. The number of aliphatic hydroxyl groups is 1. The van der Waals surface area contributed by atoms with Crippen molar-refractivity contribution >= 4 is 27.5 Å². The van der Waals surface area contributed by atoms with E-state index in [1.54, 1.807) is 13.0 Å². The maximum absolute atomic E-state index is 14.0. The summed E-state index contributed by atoms with van der Waals surface area (Å²) in [5, 5.41) is 9.97. The molecule has 2 aromatic rings. The molecule has 19 heavy (non-hydrogen) atoms. The normalized spacial score (nSPS) is 12.5. The molecule has 0 aromatic heterocycles. The van der Waals surface area contributed by atoms with Gasteiger partial charge in [0.05, 0.1) is 5.02 Å². The molecule has 5 heteroatoms. The van der Waals surface area contributed by atoms with Gasteiger partial charge < -0.3 is 5.11 Å². The van der Waals surface area contributed by atoms with Crippen LogP contribution in [0.4, 0.5) is 8.78 Å². The standard InChI is InChI=1S/C14H10BrClF2O/c1-7-2-3-8(11(17)6-7)14(19)9-4-5-10(15)12(16)13(9)18/h2-6,14,19H,1H3. The number of aryl methyl sites for hydroxylation is 1. The molecule has 0 saturated heterocycles. The molecule has 0 saturated carbocycles. The summed E-state index contributed by atoms with van der Waals surface area (Å²) in [6.07, 6.45) is -1.40. The van der Waals surface area contributed by atoms with Crippen molar-refractivity contribution < 1.29 is 13.9 Å². The average molecular weight is 348 g/mol. The lowest BCUT2D eigenvalue weighted by Gasteiger charge is -2.15. The van der Waals surface area contributed by atoms with Crippen LogP contribution in [-0.4, -0.2) is 5.11 Å². The predicted molar refractivity (Wildman–Crippen MR) is 74.3 cm³/mol. The highest BCUT2D eigenvalue weighted by Crippen LogP contribution is 2.33. The Bertz CT molecular complexity index is 631. The van der Waals surface area contributed by atoms with Gasteiger partial charge in [-0.3, -0.25) is 0 Å². The van der Waals surface area contributed by atoms with Crippen LogP contribution in [0.1, 0.15) is 22.8 Å². The van der Waals surface area contributed by atoms with Crippen molar-refractivity contribution in [2.75, 3.05) is 0 Å². The Morgan fingerprint density at radius 2 is 1.79 bits per heavy atom. The van der Waals surface area contributed by atoms with Gasteiger partial charge in [-0.25, -0.2) is 8.78 Å². The van der Waals surface area contributed by atoms with E-state index in [-0.39, 0.29) is 16.1 Å². The Hall–Kier alpha value is -0.970. The summed E-state index contributed by atoms with van der Waals surface area (Å²) in [5.74, 6) is -1.34. The van der Waals surface area contributed by atoms with Gasteiger partial charge in [-0.15, -0.1) is 0 Å². The van der Waals surface area contributed by atoms with Crippen molar-refractivity contribution in [1.29, 1.82) is 0 Å². The fourth-order valence-electron chi connectivity index (χ4n) is 1.77. The molecule has 1 atom stereocenters. The maximum Gasteiger partial charge on any atom is 0.149 e. The summed E-state index contributed by atoms with van der Waals surface area (Å²) in [6.45, 7) is 1.73. The van der Waals surface area contributed by atoms with Gasteiger partial charge in [0.1, 0.15) is 17.7 Å². The Balaban J connectivity index is 2.50. The largest absolute Gasteiger partial charge is 0.383 e. The molecule has 0 fully saturated rings. The molecule has 0 heterocycles. The van der Waals surface area contributed by atoms with Crippen LogP contribution in [0.15, 0.2) is 34.8 Å². The highest BCUT2D eigenvalue weighted by molar-refractivity contribution is 9.10. The molecule has 0 aliphatic rings. The third-order valence-corrected chi connectivity index (χ3v) is 4.07. The second-order valence-electron chi connectivity index (χ2n) is 4.19. The van der Waals surface area contributed by atoms with Crippen molar-refractivity contribution in [3.05, 3.63) is 68.2 Å². The second kappa shape index (κ2) is 5.57. The van der Waals surface area contributed by atoms with Crippen molar-refractivity contribution in [1.82, 2.24) is 0 Å². The molecular weight excluding hydrogens is 338 g/mol. The Morgan fingerprint density at radius 1 is 1.16 bits per heavy atom. The minimum absolute atomic E-state index is 0.0166. The fraction of sp³-hybridized carbons (Fsp3) is 0.143. The smallest absolute Gasteiger partial charge is 0.149 e. The van der Waals surface area contributed by atoms with Gasteiger partial charge in [0, 0.05) is 15.6 Å². The SMILES string of the molecule is Cc1ccc(C(O)c2ccc(Br)c(Cl)c2F)c(F)c1.